The first-order valence-corrected chi connectivity index (χ1v) is 9.53. The molecule has 3 atom stereocenters. The number of hydrogen-bond acceptors (Lipinski definition) is 4. The second-order valence-corrected chi connectivity index (χ2v) is 7.54. The minimum atomic E-state index is -0.00186. The fourth-order valence-electron chi connectivity index (χ4n) is 4.52. The lowest BCUT2D eigenvalue weighted by atomic mass is 9.85. The van der Waals surface area contributed by atoms with Gasteiger partial charge in [-0.3, -0.25) is 4.79 Å². The van der Waals surface area contributed by atoms with Gasteiger partial charge in [-0.2, -0.15) is 0 Å². The van der Waals surface area contributed by atoms with Crippen LogP contribution in [0.1, 0.15) is 50.5 Å². The zero-order valence-corrected chi connectivity index (χ0v) is 16.8. The maximum absolute atomic E-state index is 12.5. The first kappa shape index (κ1) is 21.3. The van der Waals surface area contributed by atoms with Crippen LogP contribution in [-0.2, 0) is 11.3 Å². The Hall–Kier alpha value is -1.04. The maximum atomic E-state index is 12.5. The molecule has 2 N–H and O–H groups in total. The van der Waals surface area contributed by atoms with Crippen molar-refractivity contribution in [3.8, 4) is 0 Å². The summed E-state index contributed by atoms with van der Waals surface area (Å²) in [5.74, 6) is 1.91. The Labute approximate surface area is 168 Å². The Morgan fingerprint density at radius 1 is 1.19 bits per heavy atom. The lowest BCUT2D eigenvalue weighted by Crippen LogP contribution is -2.42. The van der Waals surface area contributed by atoms with Crippen molar-refractivity contribution < 1.29 is 4.79 Å². The summed E-state index contributed by atoms with van der Waals surface area (Å²) in [6, 6.07) is 4.69. The van der Waals surface area contributed by atoms with Crippen molar-refractivity contribution in [1.29, 1.82) is 0 Å². The van der Waals surface area contributed by atoms with Crippen LogP contribution in [0.25, 0.3) is 0 Å². The molecule has 0 bridgehead atoms. The van der Waals surface area contributed by atoms with Gasteiger partial charge in [-0.25, -0.2) is 4.98 Å². The SMILES string of the molecule is Cl.Cl.O=C(NCc1ccnc(N2CCCC2)c1)C1CC2CCCCC2N1. The van der Waals surface area contributed by atoms with E-state index < -0.39 is 0 Å². The third kappa shape index (κ3) is 4.81. The van der Waals surface area contributed by atoms with Crippen LogP contribution in [0.3, 0.4) is 0 Å². The van der Waals surface area contributed by atoms with E-state index in [-0.39, 0.29) is 36.8 Å². The molecular weight excluding hydrogens is 371 g/mol. The number of aromatic nitrogens is 1. The van der Waals surface area contributed by atoms with E-state index in [2.05, 4.69) is 26.6 Å². The highest BCUT2D eigenvalue weighted by Crippen LogP contribution is 2.33. The number of pyridine rings is 1. The van der Waals surface area contributed by atoms with E-state index in [0.717, 1.165) is 30.9 Å². The Balaban J connectivity index is 0.00000121. The second-order valence-electron chi connectivity index (χ2n) is 7.54. The van der Waals surface area contributed by atoms with Gasteiger partial charge in [-0.05, 0) is 55.7 Å². The van der Waals surface area contributed by atoms with Gasteiger partial charge >= 0.3 is 0 Å². The summed E-state index contributed by atoms with van der Waals surface area (Å²) >= 11 is 0. The molecule has 3 fully saturated rings. The lowest BCUT2D eigenvalue weighted by Gasteiger charge is -2.24. The third-order valence-electron chi connectivity index (χ3n) is 5.89. The molecular formula is C19H30Cl2N4O. The summed E-state index contributed by atoms with van der Waals surface area (Å²) < 4.78 is 0. The van der Waals surface area contributed by atoms with E-state index >= 15 is 0 Å². The van der Waals surface area contributed by atoms with E-state index in [1.54, 1.807) is 0 Å². The summed E-state index contributed by atoms with van der Waals surface area (Å²) in [5.41, 5.74) is 1.13. The van der Waals surface area contributed by atoms with Gasteiger partial charge in [-0.1, -0.05) is 12.8 Å². The highest BCUT2D eigenvalue weighted by Gasteiger charge is 2.37. The molecule has 5 nitrogen and oxygen atoms in total. The van der Waals surface area contributed by atoms with Crippen molar-refractivity contribution in [2.24, 2.45) is 5.92 Å². The van der Waals surface area contributed by atoms with Gasteiger partial charge < -0.3 is 15.5 Å². The second kappa shape index (κ2) is 9.77. The van der Waals surface area contributed by atoms with Crippen LogP contribution in [0.4, 0.5) is 5.82 Å². The predicted octanol–water partition coefficient (Wildman–Crippen LogP) is 3.06. The minimum absolute atomic E-state index is 0. The molecule has 3 unspecified atom stereocenters. The number of amides is 1. The molecule has 1 amide bonds. The molecule has 3 aliphatic rings. The van der Waals surface area contributed by atoms with Crippen molar-refractivity contribution in [3.63, 3.8) is 0 Å². The van der Waals surface area contributed by atoms with Gasteiger partial charge in [0.15, 0.2) is 0 Å². The fourth-order valence-corrected chi connectivity index (χ4v) is 4.52. The van der Waals surface area contributed by atoms with Crippen molar-refractivity contribution in [2.75, 3.05) is 18.0 Å². The highest BCUT2D eigenvalue weighted by atomic mass is 35.5. The maximum Gasteiger partial charge on any atom is 0.237 e. The standard InChI is InChI=1S/C19H28N4O.2ClH/c24-19(17-12-15-5-1-2-6-16(15)22-17)21-13-14-7-8-20-18(11-14)23-9-3-4-10-23;;/h7-8,11,15-17,22H,1-6,9-10,12-13H2,(H,21,24);2*1H. The van der Waals surface area contributed by atoms with Gasteiger partial charge in [0.25, 0.3) is 0 Å². The van der Waals surface area contributed by atoms with Crippen LogP contribution >= 0.6 is 24.8 Å². The van der Waals surface area contributed by atoms with Gasteiger partial charge in [0.05, 0.1) is 6.04 Å². The molecule has 7 heteroatoms. The van der Waals surface area contributed by atoms with Crippen molar-refractivity contribution in [1.82, 2.24) is 15.6 Å². The smallest absolute Gasteiger partial charge is 0.237 e. The Bertz CT molecular complexity index is 581. The Kier molecular flexibility index (Phi) is 7.99. The first-order chi connectivity index (χ1) is 11.8. The summed E-state index contributed by atoms with van der Waals surface area (Å²) in [5, 5.41) is 6.67. The number of carbonyl (C=O) groups excluding carboxylic acids is 1. The van der Waals surface area contributed by atoms with Crippen LogP contribution in [-0.4, -0.2) is 36.1 Å². The molecule has 2 aliphatic heterocycles. The van der Waals surface area contributed by atoms with Crippen LogP contribution in [0.5, 0.6) is 0 Å². The highest BCUT2D eigenvalue weighted by molar-refractivity contribution is 5.85. The summed E-state index contributed by atoms with van der Waals surface area (Å²) in [6.07, 6.45) is 10.5. The number of nitrogens with one attached hydrogen (secondary N) is 2. The number of fused-ring (bicyclic) bond motifs is 1. The molecule has 1 saturated carbocycles. The van der Waals surface area contributed by atoms with Crippen LogP contribution in [0, 0.1) is 5.92 Å². The molecule has 1 aromatic rings. The van der Waals surface area contributed by atoms with Gasteiger partial charge in [0, 0.05) is 31.9 Å². The largest absolute Gasteiger partial charge is 0.357 e. The molecule has 0 spiro atoms. The minimum Gasteiger partial charge on any atom is -0.357 e. The zero-order chi connectivity index (χ0) is 16.4. The van der Waals surface area contributed by atoms with Gasteiger partial charge in [0.2, 0.25) is 5.91 Å². The van der Waals surface area contributed by atoms with E-state index in [9.17, 15) is 4.79 Å². The summed E-state index contributed by atoms with van der Waals surface area (Å²) in [7, 11) is 0. The number of nitrogens with zero attached hydrogens (tertiary/aromatic N) is 2. The van der Waals surface area contributed by atoms with E-state index in [1.807, 2.05) is 12.3 Å². The average molecular weight is 401 g/mol. The van der Waals surface area contributed by atoms with Gasteiger partial charge in [0.1, 0.15) is 5.82 Å². The summed E-state index contributed by atoms with van der Waals surface area (Å²) in [6.45, 7) is 2.78. The number of anilines is 1. The molecule has 0 aromatic carbocycles. The number of hydrogen-bond donors (Lipinski definition) is 2. The molecule has 0 radical (unpaired) electrons. The van der Waals surface area contributed by atoms with Gasteiger partial charge in [-0.15, -0.1) is 24.8 Å². The van der Waals surface area contributed by atoms with E-state index in [1.165, 1.54) is 38.5 Å². The molecule has 2 saturated heterocycles. The molecule has 146 valence electrons. The monoisotopic (exact) mass is 400 g/mol. The predicted molar refractivity (Wildman–Crippen MR) is 109 cm³/mol. The van der Waals surface area contributed by atoms with E-state index in [4.69, 9.17) is 0 Å². The third-order valence-corrected chi connectivity index (χ3v) is 5.89. The van der Waals surface area contributed by atoms with Crippen LogP contribution < -0.4 is 15.5 Å². The molecule has 3 heterocycles. The average Bonchev–Trinajstić information content (AvgIpc) is 3.29. The molecule has 26 heavy (non-hydrogen) atoms. The first-order valence-electron chi connectivity index (χ1n) is 9.53. The Morgan fingerprint density at radius 3 is 2.73 bits per heavy atom. The molecule has 1 aromatic heterocycles. The quantitative estimate of drug-likeness (QED) is 0.814. The van der Waals surface area contributed by atoms with Crippen LogP contribution in [0.15, 0.2) is 18.3 Å². The molecule has 4 rings (SSSR count). The zero-order valence-electron chi connectivity index (χ0n) is 15.2. The van der Waals surface area contributed by atoms with Crippen molar-refractivity contribution in [2.45, 2.75) is 63.6 Å². The van der Waals surface area contributed by atoms with Crippen molar-refractivity contribution >= 4 is 36.5 Å². The lowest BCUT2D eigenvalue weighted by molar-refractivity contribution is -0.123. The number of halogens is 2. The van der Waals surface area contributed by atoms with E-state index in [0.29, 0.717) is 18.5 Å². The topological polar surface area (TPSA) is 57.3 Å². The number of carbonyl (C=O) groups is 1. The molecule has 1 aliphatic carbocycles. The fraction of sp³-hybridized carbons (Fsp3) is 0.684. The Morgan fingerprint density at radius 2 is 1.96 bits per heavy atom. The normalized spacial score (nSPS) is 27.2. The number of rotatable bonds is 4. The van der Waals surface area contributed by atoms with Crippen LogP contribution in [0.2, 0.25) is 0 Å². The van der Waals surface area contributed by atoms with Crippen molar-refractivity contribution in [3.05, 3.63) is 23.9 Å². The summed E-state index contributed by atoms with van der Waals surface area (Å²) in [4.78, 5) is 19.3.